The largest absolute Gasteiger partial charge is 0.494 e. The zero-order valence-corrected chi connectivity index (χ0v) is 16.3. The molecule has 5 nitrogen and oxygen atoms in total. The predicted molar refractivity (Wildman–Crippen MR) is 113 cm³/mol. The Kier molecular flexibility index (Phi) is 6.80. The van der Waals surface area contributed by atoms with Crippen LogP contribution < -0.4 is 14.8 Å². The van der Waals surface area contributed by atoms with Crippen molar-refractivity contribution in [2.45, 2.75) is 6.61 Å². The van der Waals surface area contributed by atoms with E-state index in [0.717, 1.165) is 5.56 Å². The first-order valence-electron chi connectivity index (χ1n) is 9.12. The van der Waals surface area contributed by atoms with Crippen molar-refractivity contribution >= 4 is 17.7 Å². The van der Waals surface area contributed by atoms with E-state index in [9.17, 15) is 9.18 Å². The maximum atomic E-state index is 13.7. The van der Waals surface area contributed by atoms with Gasteiger partial charge in [0.05, 0.1) is 18.7 Å². The van der Waals surface area contributed by atoms with Gasteiger partial charge in [-0.2, -0.15) is 5.26 Å². The first-order chi connectivity index (χ1) is 14.6. The second-order valence-corrected chi connectivity index (χ2v) is 6.35. The standard InChI is InChI=1S/C24H19FN2O3/c1-29-23-10-8-17(13-22(23)25)9-11-24(28)27-20-6-3-7-21(14-20)30-16-19-5-2-4-18(12-19)15-26/h2-14H,16H2,1H3,(H,27,28)/b11-9+. The van der Waals surface area contributed by atoms with Gasteiger partial charge in [0.15, 0.2) is 11.6 Å². The first-order valence-corrected chi connectivity index (χ1v) is 9.12. The molecule has 3 aromatic carbocycles. The average molecular weight is 402 g/mol. The lowest BCUT2D eigenvalue weighted by Crippen LogP contribution is -2.07. The number of hydrogen-bond acceptors (Lipinski definition) is 4. The summed E-state index contributed by atoms with van der Waals surface area (Å²) in [6.45, 7) is 0.301. The molecule has 150 valence electrons. The Labute approximate surface area is 174 Å². The predicted octanol–water partition coefficient (Wildman–Crippen LogP) is 4.94. The fourth-order valence-electron chi connectivity index (χ4n) is 2.70. The lowest BCUT2D eigenvalue weighted by atomic mass is 10.1. The van der Waals surface area contributed by atoms with Crippen molar-refractivity contribution in [2.24, 2.45) is 0 Å². The summed E-state index contributed by atoms with van der Waals surface area (Å²) in [7, 11) is 1.39. The number of ether oxygens (including phenoxy) is 2. The van der Waals surface area contributed by atoms with E-state index in [1.165, 1.54) is 31.4 Å². The molecule has 0 aliphatic carbocycles. The number of carbonyl (C=O) groups excluding carboxylic acids is 1. The van der Waals surface area contributed by atoms with Gasteiger partial charge in [-0.25, -0.2) is 4.39 Å². The SMILES string of the molecule is COc1ccc(/C=C/C(=O)Nc2cccc(OCc3cccc(C#N)c3)c2)cc1F. The highest BCUT2D eigenvalue weighted by Gasteiger charge is 2.04. The number of nitriles is 1. The van der Waals surface area contributed by atoms with Crippen LogP contribution in [0.25, 0.3) is 6.08 Å². The van der Waals surface area contributed by atoms with Gasteiger partial charge in [-0.05, 0) is 53.6 Å². The third-order valence-electron chi connectivity index (χ3n) is 4.17. The fourth-order valence-corrected chi connectivity index (χ4v) is 2.70. The van der Waals surface area contributed by atoms with Crippen LogP contribution in [0.4, 0.5) is 10.1 Å². The van der Waals surface area contributed by atoms with Crippen LogP contribution in [0.2, 0.25) is 0 Å². The van der Waals surface area contributed by atoms with Crippen molar-refractivity contribution in [1.82, 2.24) is 0 Å². The maximum Gasteiger partial charge on any atom is 0.248 e. The van der Waals surface area contributed by atoms with Gasteiger partial charge >= 0.3 is 0 Å². The van der Waals surface area contributed by atoms with Crippen LogP contribution in [0.3, 0.4) is 0 Å². The van der Waals surface area contributed by atoms with Crippen molar-refractivity contribution in [2.75, 3.05) is 12.4 Å². The molecule has 0 bridgehead atoms. The molecule has 0 aliphatic heterocycles. The Morgan fingerprint density at radius 2 is 1.97 bits per heavy atom. The van der Waals surface area contributed by atoms with Crippen LogP contribution in [0.1, 0.15) is 16.7 Å². The average Bonchev–Trinajstić information content (AvgIpc) is 2.77. The van der Waals surface area contributed by atoms with Crippen molar-refractivity contribution in [3.8, 4) is 17.6 Å². The van der Waals surface area contributed by atoms with E-state index in [1.54, 1.807) is 48.5 Å². The molecule has 0 fully saturated rings. The molecule has 1 N–H and O–H groups in total. The summed E-state index contributed by atoms with van der Waals surface area (Å²) in [4.78, 5) is 12.2. The Morgan fingerprint density at radius 1 is 1.13 bits per heavy atom. The highest BCUT2D eigenvalue weighted by Crippen LogP contribution is 2.20. The lowest BCUT2D eigenvalue weighted by molar-refractivity contribution is -0.111. The van der Waals surface area contributed by atoms with E-state index in [-0.39, 0.29) is 11.7 Å². The fraction of sp³-hybridized carbons (Fsp3) is 0.0833. The zero-order valence-electron chi connectivity index (χ0n) is 16.3. The summed E-state index contributed by atoms with van der Waals surface area (Å²) in [5, 5.41) is 11.7. The normalized spacial score (nSPS) is 10.4. The maximum absolute atomic E-state index is 13.7. The molecule has 0 heterocycles. The van der Waals surface area contributed by atoms with Crippen molar-refractivity contribution < 1.29 is 18.7 Å². The Balaban J connectivity index is 1.59. The summed E-state index contributed by atoms with van der Waals surface area (Å²) in [5.41, 5.74) is 2.55. The van der Waals surface area contributed by atoms with Gasteiger partial charge in [-0.15, -0.1) is 0 Å². The van der Waals surface area contributed by atoms with Crippen LogP contribution in [0, 0.1) is 17.1 Å². The molecule has 0 aliphatic rings. The number of benzene rings is 3. The Bertz CT molecular complexity index is 1120. The van der Waals surface area contributed by atoms with E-state index >= 15 is 0 Å². The molecule has 3 rings (SSSR count). The molecule has 1 amide bonds. The number of rotatable bonds is 7. The van der Waals surface area contributed by atoms with E-state index in [1.807, 2.05) is 6.07 Å². The second-order valence-electron chi connectivity index (χ2n) is 6.35. The minimum atomic E-state index is -0.495. The van der Waals surface area contributed by atoms with Gasteiger partial charge in [0.25, 0.3) is 0 Å². The molecular formula is C24H19FN2O3. The van der Waals surface area contributed by atoms with Crippen molar-refractivity contribution in [1.29, 1.82) is 5.26 Å². The second kappa shape index (κ2) is 9.89. The summed E-state index contributed by atoms with van der Waals surface area (Å²) >= 11 is 0. The van der Waals surface area contributed by atoms with Gasteiger partial charge in [0.2, 0.25) is 5.91 Å². The number of hydrogen-bond donors (Lipinski definition) is 1. The summed E-state index contributed by atoms with van der Waals surface area (Å²) < 4.78 is 24.3. The number of carbonyl (C=O) groups is 1. The first kappa shape index (κ1) is 20.6. The van der Waals surface area contributed by atoms with Crippen LogP contribution >= 0.6 is 0 Å². The van der Waals surface area contributed by atoms with E-state index in [2.05, 4.69) is 11.4 Å². The summed E-state index contributed by atoms with van der Waals surface area (Å²) in [6.07, 6.45) is 2.84. The van der Waals surface area contributed by atoms with Gasteiger partial charge in [-0.3, -0.25) is 4.79 Å². The smallest absolute Gasteiger partial charge is 0.248 e. The highest BCUT2D eigenvalue weighted by atomic mass is 19.1. The molecule has 0 unspecified atom stereocenters. The van der Waals surface area contributed by atoms with Gasteiger partial charge in [-0.1, -0.05) is 24.3 Å². The molecule has 0 saturated carbocycles. The quantitative estimate of drug-likeness (QED) is 0.569. The zero-order chi connectivity index (χ0) is 21.3. The number of nitrogens with one attached hydrogen (secondary N) is 1. The molecule has 0 atom stereocenters. The topological polar surface area (TPSA) is 71.3 Å². The summed E-state index contributed by atoms with van der Waals surface area (Å²) in [6, 6.07) is 20.7. The van der Waals surface area contributed by atoms with Gasteiger partial charge < -0.3 is 14.8 Å². The van der Waals surface area contributed by atoms with Crippen LogP contribution in [0.15, 0.2) is 72.8 Å². The Hall–Kier alpha value is -4.11. The van der Waals surface area contributed by atoms with E-state index in [0.29, 0.717) is 29.2 Å². The summed E-state index contributed by atoms with van der Waals surface area (Å²) in [5.74, 6) is -0.126. The molecule has 6 heteroatoms. The molecule has 0 aromatic heterocycles. The van der Waals surface area contributed by atoms with E-state index in [4.69, 9.17) is 14.7 Å². The number of anilines is 1. The molecule has 30 heavy (non-hydrogen) atoms. The molecule has 3 aromatic rings. The third-order valence-corrected chi connectivity index (χ3v) is 4.17. The minimum Gasteiger partial charge on any atom is -0.494 e. The number of nitrogens with zero attached hydrogens (tertiary/aromatic N) is 1. The molecule has 0 spiro atoms. The minimum absolute atomic E-state index is 0.146. The monoisotopic (exact) mass is 402 g/mol. The third kappa shape index (κ3) is 5.69. The molecule has 0 saturated heterocycles. The highest BCUT2D eigenvalue weighted by molar-refractivity contribution is 6.02. The van der Waals surface area contributed by atoms with Gasteiger partial charge in [0.1, 0.15) is 12.4 Å². The number of halogens is 1. The van der Waals surface area contributed by atoms with Crippen molar-refractivity contribution in [3.63, 3.8) is 0 Å². The van der Waals surface area contributed by atoms with Gasteiger partial charge in [0, 0.05) is 17.8 Å². The van der Waals surface area contributed by atoms with Crippen LogP contribution in [-0.4, -0.2) is 13.0 Å². The number of amides is 1. The van der Waals surface area contributed by atoms with Crippen LogP contribution in [0.5, 0.6) is 11.5 Å². The van der Waals surface area contributed by atoms with Crippen LogP contribution in [-0.2, 0) is 11.4 Å². The van der Waals surface area contributed by atoms with Crippen molar-refractivity contribution in [3.05, 3.63) is 95.3 Å². The van der Waals surface area contributed by atoms with E-state index < -0.39 is 5.82 Å². The Morgan fingerprint density at radius 3 is 2.73 bits per heavy atom. The lowest BCUT2D eigenvalue weighted by Gasteiger charge is -2.09. The molecular weight excluding hydrogens is 383 g/mol. The number of methoxy groups -OCH3 is 1. The molecule has 0 radical (unpaired) electrons.